The van der Waals surface area contributed by atoms with E-state index < -0.39 is 0 Å². The summed E-state index contributed by atoms with van der Waals surface area (Å²) in [4.78, 5) is 15.9. The standard InChI is InChI=1S/C15H14N2O3/c1-19-11-4-2-3-10(7-11)12-5-6-14-13(17-12)8-16-15(18)9-20-14/h2-7H,8-9H2,1H3,(H,16,18). The van der Waals surface area contributed by atoms with E-state index in [1.165, 1.54) is 0 Å². The lowest BCUT2D eigenvalue weighted by molar-refractivity contribution is -0.122. The fourth-order valence-electron chi connectivity index (χ4n) is 2.07. The monoisotopic (exact) mass is 270 g/mol. The van der Waals surface area contributed by atoms with Crippen molar-refractivity contribution in [2.75, 3.05) is 13.7 Å². The molecule has 1 aromatic carbocycles. The Morgan fingerprint density at radius 2 is 2.20 bits per heavy atom. The Labute approximate surface area is 116 Å². The van der Waals surface area contributed by atoms with Crippen LogP contribution in [0, 0.1) is 0 Å². The number of amides is 1. The first kappa shape index (κ1) is 12.5. The van der Waals surface area contributed by atoms with E-state index in [0.717, 1.165) is 22.7 Å². The van der Waals surface area contributed by atoms with Crippen LogP contribution in [-0.4, -0.2) is 24.6 Å². The third-order valence-electron chi connectivity index (χ3n) is 3.11. The number of benzene rings is 1. The van der Waals surface area contributed by atoms with E-state index in [2.05, 4.69) is 10.3 Å². The summed E-state index contributed by atoms with van der Waals surface area (Å²) in [5, 5.41) is 2.75. The Balaban J connectivity index is 1.97. The van der Waals surface area contributed by atoms with Gasteiger partial charge in [-0.1, -0.05) is 12.1 Å². The number of hydrogen-bond donors (Lipinski definition) is 1. The second kappa shape index (κ2) is 5.21. The van der Waals surface area contributed by atoms with Crippen molar-refractivity contribution in [1.29, 1.82) is 0 Å². The first-order valence-corrected chi connectivity index (χ1v) is 6.30. The van der Waals surface area contributed by atoms with E-state index in [-0.39, 0.29) is 12.5 Å². The highest BCUT2D eigenvalue weighted by molar-refractivity contribution is 5.78. The number of nitrogens with zero attached hydrogens (tertiary/aromatic N) is 1. The number of carbonyl (C=O) groups excluding carboxylic acids is 1. The second-order valence-corrected chi connectivity index (χ2v) is 4.44. The number of hydrogen-bond acceptors (Lipinski definition) is 4. The van der Waals surface area contributed by atoms with Crippen molar-refractivity contribution in [2.45, 2.75) is 6.54 Å². The predicted octanol–water partition coefficient (Wildman–Crippen LogP) is 1.77. The Bertz CT molecular complexity index is 655. The van der Waals surface area contributed by atoms with Crippen molar-refractivity contribution in [3.63, 3.8) is 0 Å². The molecule has 2 aromatic rings. The van der Waals surface area contributed by atoms with Gasteiger partial charge >= 0.3 is 0 Å². The summed E-state index contributed by atoms with van der Waals surface area (Å²) in [5.41, 5.74) is 2.52. The van der Waals surface area contributed by atoms with Crippen LogP contribution < -0.4 is 14.8 Å². The molecule has 0 aliphatic carbocycles. The Morgan fingerprint density at radius 3 is 3.05 bits per heavy atom. The fourth-order valence-corrected chi connectivity index (χ4v) is 2.07. The van der Waals surface area contributed by atoms with Crippen molar-refractivity contribution < 1.29 is 14.3 Å². The number of methoxy groups -OCH3 is 1. The number of ether oxygens (including phenoxy) is 2. The number of rotatable bonds is 2. The minimum absolute atomic E-state index is 0.0349. The van der Waals surface area contributed by atoms with Crippen LogP contribution in [0.5, 0.6) is 11.5 Å². The van der Waals surface area contributed by atoms with Gasteiger partial charge in [0.15, 0.2) is 6.61 Å². The largest absolute Gasteiger partial charge is 0.497 e. The Kier molecular flexibility index (Phi) is 3.25. The molecule has 1 aliphatic rings. The molecule has 1 N–H and O–H groups in total. The van der Waals surface area contributed by atoms with Crippen LogP contribution >= 0.6 is 0 Å². The normalized spacial score (nSPS) is 13.8. The molecule has 2 heterocycles. The maximum atomic E-state index is 11.3. The molecule has 0 fully saturated rings. The first-order chi connectivity index (χ1) is 9.76. The molecule has 3 rings (SSSR count). The minimum Gasteiger partial charge on any atom is -0.497 e. The van der Waals surface area contributed by atoms with Crippen LogP contribution in [0.4, 0.5) is 0 Å². The molecule has 0 saturated carbocycles. The van der Waals surface area contributed by atoms with E-state index >= 15 is 0 Å². The van der Waals surface area contributed by atoms with Crippen LogP contribution in [0.3, 0.4) is 0 Å². The topological polar surface area (TPSA) is 60.5 Å². The van der Waals surface area contributed by atoms with E-state index in [0.29, 0.717) is 12.3 Å². The lowest BCUT2D eigenvalue weighted by Crippen LogP contribution is -2.25. The molecule has 0 bridgehead atoms. The van der Waals surface area contributed by atoms with Crippen LogP contribution in [0.25, 0.3) is 11.3 Å². The minimum atomic E-state index is -0.133. The molecular formula is C15H14N2O3. The molecule has 20 heavy (non-hydrogen) atoms. The Morgan fingerprint density at radius 1 is 1.30 bits per heavy atom. The van der Waals surface area contributed by atoms with Gasteiger partial charge in [-0.3, -0.25) is 4.79 Å². The van der Waals surface area contributed by atoms with E-state index in [4.69, 9.17) is 9.47 Å². The first-order valence-electron chi connectivity index (χ1n) is 6.30. The zero-order valence-corrected chi connectivity index (χ0v) is 11.1. The van der Waals surface area contributed by atoms with Gasteiger partial charge in [-0.15, -0.1) is 0 Å². The number of fused-ring (bicyclic) bond motifs is 1. The molecule has 0 radical (unpaired) electrons. The summed E-state index contributed by atoms with van der Waals surface area (Å²) in [6.45, 7) is 0.416. The van der Waals surface area contributed by atoms with Crippen molar-refractivity contribution in [2.24, 2.45) is 0 Å². The average molecular weight is 270 g/mol. The lowest BCUT2D eigenvalue weighted by atomic mass is 10.1. The summed E-state index contributed by atoms with van der Waals surface area (Å²) in [5.74, 6) is 1.30. The van der Waals surface area contributed by atoms with Gasteiger partial charge in [0.1, 0.15) is 17.2 Å². The molecule has 5 nitrogen and oxygen atoms in total. The SMILES string of the molecule is COc1cccc(-c2ccc3c(n2)CNC(=O)CO3)c1. The molecule has 1 aromatic heterocycles. The summed E-state index contributed by atoms with van der Waals surface area (Å²) >= 11 is 0. The number of carbonyl (C=O) groups is 1. The molecule has 1 aliphatic heterocycles. The molecule has 0 atom stereocenters. The van der Waals surface area contributed by atoms with Crippen molar-refractivity contribution in [3.8, 4) is 22.8 Å². The van der Waals surface area contributed by atoms with E-state index in [9.17, 15) is 4.79 Å². The summed E-state index contributed by atoms with van der Waals surface area (Å²) < 4.78 is 10.6. The van der Waals surface area contributed by atoms with Crippen molar-refractivity contribution in [1.82, 2.24) is 10.3 Å². The quantitative estimate of drug-likeness (QED) is 0.903. The maximum absolute atomic E-state index is 11.3. The van der Waals surface area contributed by atoms with E-state index in [1.54, 1.807) is 7.11 Å². The molecule has 0 unspecified atom stereocenters. The van der Waals surface area contributed by atoms with E-state index in [1.807, 2.05) is 36.4 Å². The average Bonchev–Trinajstić information content (AvgIpc) is 2.69. The van der Waals surface area contributed by atoms with Gasteiger partial charge in [-0.2, -0.15) is 0 Å². The smallest absolute Gasteiger partial charge is 0.258 e. The van der Waals surface area contributed by atoms with Gasteiger partial charge in [0.05, 0.1) is 19.3 Å². The highest BCUT2D eigenvalue weighted by Crippen LogP contribution is 2.26. The molecule has 0 spiro atoms. The third-order valence-corrected chi connectivity index (χ3v) is 3.11. The predicted molar refractivity (Wildman–Crippen MR) is 73.6 cm³/mol. The molecule has 1 amide bonds. The van der Waals surface area contributed by atoms with Gasteiger partial charge in [0.25, 0.3) is 5.91 Å². The third kappa shape index (κ3) is 2.42. The molecule has 102 valence electrons. The number of nitrogens with one attached hydrogen (secondary N) is 1. The summed E-state index contributed by atoms with van der Waals surface area (Å²) in [6, 6.07) is 11.4. The fraction of sp³-hybridized carbons (Fsp3) is 0.200. The van der Waals surface area contributed by atoms with Crippen LogP contribution in [0.2, 0.25) is 0 Å². The van der Waals surface area contributed by atoms with Gasteiger partial charge in [-0.25, -0.2) is 4.98 Å². The zero-order chi connectivity index (χ0) is 13.9. The Hall–Kier alpha value is -2.56. The molecule has 5 heteroatoms. The van der Waals surface area contributed by atoms with Gasteiger partial charge in [0.2, 0.25) is 0 Å². The molecule has 0 saturated heterocycles. The van der Waals surface area contributed by atoms with Gasteiger partial charge in [0, 0.05) is 5.56 Å². The van der Waals surface area contributed by atoms with Crippen LogP contribution in [0.15, 0.2) is 36.4 Å². The highest BCUT2D eigenvalue weighted by Gasteiger charge is 2.15. The van der Waals surface area contributed by atoms with Crippen molar-refractivity contribution in [3.05, 3.63) is 42.1 Å². The number of aromatic nitrogens is 1. The summed E-state index contributed by atoms with van der Waals surface area (Å²) in [6.07, 6.45) is 0. The second-order valence-electron chi connectivity index (χ2n) is 4.44. The summed E-state index contributed by atoms with van der Waals surface area (Å²) in [7, 11) is 1.63. The van der Waals surface area contributed by atoms with Gasteiger partial charge in [-0.05, 0) is 24.3 Å². The lowest BCUT2D eigenvalue weighted by Gasteiger charge is -2.08. The van der Waals surface area contributed by atoms with Gasteiger partial charge < -0.3 is 14.8 Å². The van der Waals surface area contributed by atoms with Crippen LogP contribution in [0.1, 0.15) is 5.69 Å². The number of pyridine rings is 1. The highest BCUT2D eigenvalue weighted by atomic mass is 16.5. The maximum Gasteiger partial charge on any atom is 0.258 e. The zero-order valence-electron chi connectivity index (χ0n) is 11.1. The van der Waals surface area contributed by atoms with Crippen LogP contribution in [-0.2, 0) is 11.3 Å². The van der Waals surface area contributed by atoms with Crippen molar-refractivity contribution >= 4 is 5.91 Å². The molecular weight excluding hydrogens is 256 g/mol.